The van der Waals surface area contributed by atoms with Crippen molar-refractivity contribution in [1.29, 1.82) is 0 Å². The lowest BCUT2D eigenvalue weighted by Gasteiger charge is -2.09. The Bertz CT molecular complexity index is 687. The van der Waals surface area contributed by atoms with Crippen LogP contribution in [-0.2, 0) is 11.4 Å². The fraction of sp³-hybridized carbons (Fsp3) is 0.125. The Kier molecular flexibility index (Phi) is 5.24. The van der Waals surface area contributed by atoms with Crippen molar-refractivity contribution in [3.63, 3.8) is 0 Å². The summed E-state index contributed by atoms with van der Waals surface area (Å²) in [5.41, 5.74) is 5.66. The lowest BCUT2D eigenvalue weighted by atomic mass is 10.2. The van der Waals surface area contributed by atoms with Gasteiger partial charge in [0.1, 0.15) is 18.2 Å². The van der Waals surface area contributed by atoms with E-state index in [4.69, 9.17) is 10.5 Å². The number of rotatable bonds is 6. The van der Waals surface area contributed by atoms with E-state index in [-0.39, 0.29) is 18.0 Å². The fourth-order valence-electron chi connectivity index (χ4n) is 1.72. The van der Waals surface area contributed by atoms with Crippen LogP contribution in [0.5, 0.6) is 5.75 Å². The van der Waals surface area contributed by atoms with Crippen LogP contribution in [-0.4, -0.2) is 18.1 Å². The van der Waals surface area contributed by atoms with Crippen LogP contribution in [0.1, 0.15) is 15.9 Å². The molecule has 5 nitrogen and oxygen atoms in total. The van der Waals surface area contributed by atoms with Gasteiger partial charge in [-0.1, -0.05) is 12.1 Å². The molecule has 0 heterocycles. The van der Waals surface area contributed by atoms with Crippen molar-refractivity contribution in [3.8, 4) is 5.75 Å². The summed E-state index contributed by atoms with van der Waals surface area (Å²) >= 11 is 0. The van der Waals surface area contributed by atoms with Crippen molar-refractivity contribution in [3.05, 3.63) is 65.5 Å². The van der Waals surface area contributed by atoms with Crippen LogP contribution in [0.15, 0.2) is 48.5 Å². The quantitative estimate of drug-likeness (QED) is 0.798. The molecule has 2 amide bonds. The maximum Gasteiger partial charge on any atom is 0.272 e. The standard InChI is InChI=1S/C16H14F2N2O3/c17-12-5-1-10(2-6-12)9-23-13-7-3-11(4-8-13)16(22)20-14(18)15(19)21/h1-8,14H,9H2,(H2,19,21)(H,20,22). The molecule has 2 rings (SSSR count). The van der Waals surface area contributed by atoms with Crippen LogP contribution in [0, 0.1) is 5.82 Å². The number of benzene rings is 2. The van der Waals surface area contributed by atoms with Gasteiger partial charge in [0, 0.05) is 5.56 Å². The van der Waals surface area contributed by atoms with Gasteiger partial charge in [-0.2, -0.15) is 0 Å². The summed E-state index contributed by atoms with van der Waals surface area (Å²) in [7, 11) is 0. The van der Waals surface area contributed by atoms with Crippen LogP contribution in [0.2, 0.25) is 0 Å². The first-order valence-electron chi connectivity index (χ1n) is 6.67. The van der Waals surface area contributed by atoms with E-state index in [1.165, 1.54) is 36.4 Å². The lowest BCUT2D eigenvalue weighted by molar-refractivity contribution is -0.123. The Hall–Kier alpha value is -2.96. The summed E-state index contributed by atoms with van der Waals surface area (Å²) in [4.78, 5) is 22.2. The molecule has 2 aromatic rings. The van der Waals surface area contributed by atoms with Crippen LogP contribution < -0.4 is 15.8 Å². The molecular weight excluding hydrogens is 306 g/mol. The number of nitrogens with one attached hydrogen (secondary N) is 1. The molecule has 23 heavy (non-hydrogen) atoms. The van der Waals surface area contributed by atoms with Gasteiger partial charge in [-0.05, 0) is 42.0 Å². The predicted molar refractivity (Wildman–Crippen MR) is 78.7 cm³/mol. The minimum atomic E-state index is -2.24. The molecule has 0 saturated heterocycles. The van der Waals surface area contributed by atoms with Crippen LogP contribution in [0.4, 0.5) is 8.78 Å². The molecule has 0 aliphatic carbocycles. The van der Waals surface area contributed by atoms with Crippen molar-refractivity contribution in [2.75, 3.05) is 0 Å². The molecule has 0 aromatic heterocycles. The molecule has 0 aliphatic rings. The third-order valence-electron chi connectivity index (χ3n) is 2.94. The Labute approximate surface area is 131 Å². The highest BCUT2D eigenvalue weighted by Gasteiger charge is 2.17. The number of halogens is 2. The molecule has 0 aliphatic heterocycles. The zero-order valence-corrected chi connectivity index (χ0v) is 12.0. The number of carbonyl (C=O) groups excluding carboxylic acids is 2. The molecule has 7 heteroatoms. The SMILES string of the molecule is NC(=O)C(F)NC(=O)c1ccc(OCc2ccc(F)cc2)cc1. The highest BCUT2D eigenvalue weighted by atomic mass is 19.1. The number of nitrogens with two attached hydrogens (primary N) is 1. The first kappa shape index (κ1) is 16.4. The van der Waals surface area contributed by atoms with Gasteiger partial charge in [-0.15, -0.1) is 0 Å². The monoisotopic (exact) mass is 320 g/mol. The first-order valence-corrected chi connectivity index (χ1v) is 6.67. The summed E-state index contributed by atoms with van der Waals surface area (Å²) in [6.07, 6.45) is -2.24. The number of carbonyl (C=O) groups is 2. The minimum absolute atomic E-state index is 0.156. The number of hydrogen-bond donors (Lipinski definition) is 2. The molecule has 0 bridgehead atoms. The Morgan fingerprint density at radius 3 is 2.26 bits per heavy atom. The average Bonchev–Trinajstić information content (AvgIpc) is 2.54. The van der Waals surface area contributed by atoms with Crippen molar-refractivity contribution >= 4 is 11.8 Å². The minimum Gasteiger partial charge on any atom is -0.489 e. The van der Waals surface area contributed by atoms with Crippen LogP contribution in [0.3, 0.4) is 0 Å². The van der Waals surface area contributed by atoms with E-state index in [1.807, 2.05) is 5.32 Å². The zero-order valence-electron chi connectivity index (χ0n) is 12.0. The zero-order chi connectivity index (χ0) is 16.8. The first-order chi connectivity index (χ1) is 11.0. The molecular formula is C16H14F2N2O3. The van der Waals surface area contributed by atoms with E-state index in [0.29, 0.717) is 5.75 Å². The molecule has 3 N–H and O–H groups in total. The number of alkyl halides is 1. The lowest BCUT2D eigenvalue weighted by Crippen LogP contribution is -2.41. The Morgan fingerprint density at radius 2 is 1.70 bits per heavy atom. The summed E-state index contributed by atoms with van der Waals surface area (Å²) < 4.78 is 31.3. The third kappa shape index (κ3) is 4.77. The van der Waals surface area contributed by atoms with Crippen LogP contribution in [0.25, 0.3) is 0 Å². The molecule has 0 fully saturated rings. The van der Waals surface area contributed by atoms with Gasteiger partial charge >= 0.3 is 0 Å². The Balaban J connectivity index is 1.92. The average molecular weight is 320 g/mol. The molecule has 0 radical (unpaired) electrons. The number of ether oxygens (including phenoxy) is 1. The van der Waals surface area contributed by atoms with Crippen LogP contribution >= 0.6 is 0 Å². The van der Waals surface area contributed by atoms with E-state index in [0.717, 1.165) is 5.56 Å². The van der Waals surface area contributed by atoms with E-state index in [9.17, 15) is 18.4 Å². The van der Waals surface area contributed by atoms with Gasteiger partial charge in [0.15, 0.2) is 0 Å². The topological polar surface area (TPSA) is 81.4 Å². The van der Waals surface area contributed by atoms with Gasteiger partial charge in [-0.3, -0.25) is 9.59 Å². The van der Waals surface area contributed by atoms with Crippen molar-refractivity contribution in [2.24, 2.45) is 5.73 Å². The maximum absolute atomic E-state index is 13.0. The molecule has 0 spiro atoms. The molecule has 0 saturated carbocycles. The largest absolute Gasteiger partial charge is 0.489 e. The number of primary amides is 1. The van der Waals surface area contributed by atoms with E-state index >= 15 is 0 Å². The summed E-state index contributed by atoms with van der Waals surface area (Å²) in [5, 5.41) is 1.82. The van der Waals surface area contributed by atoms with E-state index in [1.54, 1.807) is 12.1 Å². The molecule has 120 valence electrons. The second-order valence-corrected chi connectivity index (χ2v) is 4.68. The van der Waals surface area contributed by atoms with Gasteiger partial charge in [0.2, 0.25) is 0 Å². The smallest absolute Gasteiger partial charge is 0.272 e. The Morgan fingerprint density at radius 1 is 1.09 bits per heavy atom. The van der Waals surface area contributed by atoms with E-state index in [2.05, 4.69) is 0 Å². The second kappa shape index (κ2) is 7.35. The molecule has 1 atom stereocenters. The highest BCUT2D eigenvalue weighted by Crippen LogP contribution is 2.14. The normalized spacial score (nSPS) is 11.6. The maximum atomic E-state index is 13.0. The summed E-state index contributed by atoms with van der Waals surface area (Å²) in [6, 6.07) is 11.7. The third-order valence-corrected chi connectivity index (χ3v) is 2.94. The second-order valence-electron chi connectivity index (χ2n) is 4.68. The number of amides is 2. The predicted octanol–water partition coefficient (Wildman–Crippen LogP) is 1.92. The van der Waals surface area contributed by atoms with Gasteiger partial charge in [-0.25, -0.2) is 8.78 Å². The highest BCUT2D eigenvalue weighted by molar-refractivity contribution is 5.96. The van der Waals surface area contributed by atoms with Gasteiger partial charge in [0.25, 0.3) is 18.1 Å². The summed E-state index contributed by atoms with van der Waals surface area (Å²) in [5.74, 6) is -1.87. The molecule has 1 unspecified atom stereocenters. The van der Waals surface area contributed by atoms with E-state index < -0.39 is 18.1 Å². The van der Waals surface area contributed by atoms with Crippen molar-refractivity contribution in [1.82, 2.24) is 5.32 Å². The van der Waals surface area contributed by atoms with Crippen molar-refractivity contribution < 1.29 is 23.1 Å². The van der Waals surface area contributed by atoms with Gasteiger partial charge < -0.3 is 15.8 Å². The van der Waals surface area contributed by atoms with Gasteiger partial charge in [0.05, 0.1) is 0 Å². The fourth-order valence-corrected chi connectivity index (χ4v) is 1.72. The molecule has 2 aromatic carbocycles. The van der Waals surface area contributed by atoms with Crippen molar-refractivity contribution in [2.45, 2.75) is 12.9 Å². The number of hydrogen-bond acceptors (Lipinski definition) is 3. The summed E-state index contributed by atoms with van der Waals surface area (Å²) in [6.45, 7) is 0.236.